The van der Waals surface area contributed by atoms with Gasteiger partial charge in [0.05, 0.1) is 16.9 Å². The third kappa shape index (κ3) is 4.09. The van der Waals surface area contributed by atoms with Gasteiger partial charge in [0, 0.05) is 18.5 Å². The number of nitrogens with one attached hydrogen (secondary N) is 2. The van der Waals surface area contributed by atoms with Crippen molar-refractivity contribution >= 4 is 49.1 Å². The second kappa shape index (κ2) is 8.55. The van der Waals surface area contributed by atoms with Crippen LogP contribution in [0.1, 0.15) is 24.8 Å². The molecule has 3 N–H and O–H groups in total. The van der Waals surface area contributed by atoms with Gasteiger partial charge in [0.15, 0.2) is 5.84 Å². The molecule has 1 saturated carbocycles. The second-order valence-electron chi connectivity index (χ2n) is 8.16. The first kappa shape index (κ1) is 23.1. The summed E-state index contributed by atoms with van der Waals surface area (Å²) >= 11 is 0. The number of aromatic hydroxyl groups is 1. The second-order valence-corrected chi connectivity index (χ2v) is 10.3. The smallest absolute Gasteiger partial charge is 0.286 e. The molecule has 3 aromatic rings. The van der Waals surface area contributed by atoms with Crippen LogP contribution in [0, 0.1) is 0 Å². The lowest BCUT2D eigenvalue weighted by molar-refractivity contribution is 0.320. The molecule has 5 rings (SSSR count). The SMILES string of the molecule is CN(O[SH](=O)=O)c1ccc2c(c1)S(=O)(=O)N=C(c1c(O)c3ccccc3n(NC3CCC3)c1=O)N2. The summed E-state index contributed by atoms with van der Waals surface area (Å²) in [4.78, 5) is 13.2. The van der Waals surface area contributed by atoms with Gasteiger partial charge in [0.1, 0.15) is 16.2 Å². The van der Waals surface area contributed by atoms with Crippen molar-refractivity contribution in [3.8, 4) is 5.75 Å². The molecule has 2 aliphatic rings. The molecule has 0 spiro atoms. The third-order valence-electron chi connectivity index (χ3n) is 5.97. The lowest BCUT2D eigenvalue weighted by atomic mass is 9.94. The van der Waals surface area contributed by atoms with Crippen LogP contribution in [0.25, 0.3) is 10.9 Å². The minimum atomic E-state index is -4.33. The number of aromatic nitrogens is 1. The molecule has 0 atom stereocenters. The van der Waals surface area contributed by atoms with Gasteiger partial charge in [-0.2, -0.15) is 12.7 Å². The fraction of sp³-hybridized carbons (Fsp3) is 0.238. The van der Waals surface area contributed by atoms with Crippen LogP contribution in [0.4, 0.5) is 11.4 Å². The maximum Gasteiger partial charge on any atom is 0.286 e. The van der Waals surface area contributed by atoms with E-state index >= 15 is 0 Å². The van der Waals surface area contributed by atoms with E-state index in [0.717, 1.165) is 24.3 Å². The van der Waals surface area contributed by atoms with E-state index in [1.54, 1.807) is 24.3 Å². The van der Waals surface area contributed by atoms with Crippen LogP contribution in [0.2, 0.25) is 0 Å². The van der Waals surface area contributed by atoms with Crippen LogP contribution >= 0.6 is 0 Å². The van der Waals surface area contributed by atoms with Crippen molar-refractivity contribution in [2.24, 2.45) is 4.40 Å². The Morgan fingerprint density at radius 1 is 1.23 bits per heavy atom. The Kier molecular flexibility index (Phi) is 5.65. The van der Waals surface area contributed by atoms with Gasteiger partial charge < -0.3 is 15.8 Å². The van der Waals surface area contributed by atoms with E-state index in [2.05, 4.69) is 19.4 Å². The Morgan fingerprint density at radius 3 is 2.66 bits per heavy atom. The lowest BCUT2D eigenvalue weighted by Gasteiger charge is -2.29. The monoisotopic (exact) mass is 519 g/mol. The fourth-order valence-electron chi connectivity index (χ4n) is 3.99. The summed E-state index contributed by atoms with van der Waals surface area (Å²) in [5.74, 6) is -0.721. The number of sulfonamides is 1. The molecule has 2 heterocycles. The number of benzene rings is 2. The molecule has 35 heavy (non-hydrogen) atoms. The van der Waals surface area contributed by atoms with Crippen LogP contribution < -0.4 is 21.4 Å². The summed E-state index contributed by atoms with van der Waals surface area (Å²) in [6.45, 7) is 0. The molecule has 0 radical (unpaired) electrons. The summed E-state index contributed by atoms with van der Waals surface area (Å²) in [5, 5.41) is 15.1. The normalized spacial score (nSPS) is 16.8. The van der Waals surface area contributed by atoms with Crippen LogP contribution in [0.3, 0.4) is 0 Å². The van der Waals surface area contributed by atoms with Gasteiger partial charge in [-0.3, -0.25) is 4.79 Å². The highest BCUT2D eigenvalue weighted by Gasteiger charge is 2.31. The minimum absolute atomic E-state index is 0.0844. The van der Waals surface area contributed by atoms with Crippen molar-refractivity contribution < 1.29 is 26.2 Å². The zero-order valence-electron chi connectivity index (χ0n) is 18.3. The van der Waals surface area contributed by atoms with Gasteiger partial charge >= 0.3 is 0 Å². The van der Waals surface area contributed by atoms with Crippen molar-refractivity contribution in [1.82, 2.24) is 4.68 Å². The van der Waals surface area contributed by atoms with Crippen molar-refractivity contribution in [2.45, 2.75) is 30.2 Å². The Balaban J connectivity index is 1.64. The van der Waals surface area contributed by atoms with Gasteiger partial charge in [-0.15, -0.1) is 4.40 Å². The van der Waals surface area contributed by atoms with Crippen molar-refractivity contribution in [2.75, 3.05) is 22.9 Å². The highest BCUT2D eigenvalue weighted by Crippen LogP contribution is 2.34. The first-order valence-corrected chi connectivity index (χ1v) is 13.1. The summed E-state index contributed by atoms with van der Waals surface area (Å²) in [7, 11) is -6.23. The maximum atomic E-state index is 13.5. The number of thiol groups is 1. The number of pyridine rings is 1. The fourth-order valence-corrected chi connectivity index (χ4v) is 5.42. The molecule has 1 fully saturated rings. The summed E-state index contributed by atoms with van der Waals surface area (Å²) in [5.41, 5.74) is 2.92. The number of hydrogen-bond acceptors (Lipinski definition) is 10. The largest absolute Gasteiger partial charge is 0.506 e. The highest BCUT2D eigenvalue weighted by molar-refractivity contribution is 7.90. The predicted octanol–water partition coefficient (Wildman–Crippen LogP) is 1.26. The maximum absolute atomic E-state index is 13.5. The Hall–Kier alpha value is -3.62. The average molecular weight is 520 g/mol. The van der Waals surface area contributed by atoms with Gasteiger partial charge in [-0.25, -0.2) is 18.2 Å². The molecule has 2 aromatic carbocycles. The molecular weight excluding hydrogens is 498 g/mol. The van der Waals surface area contributed by atoms with E-state index in [0.29, 0.717) is 10.9 Å². The van der Waals surface area contributed by atoms with Crippen molar-refractivity contribution in [3.63, 3.8) is 0 Å². The van der Waals surface area contributed by atoms with Gasteiger partial charge in [-0.1, -0.05) is 12.1 Å². The molecule has 1 aliphatic heterocycles. The molecule has 184 valence electrons. The summed E-state index contributed by atoms with van der Waals surface area (Å²) < 4.78 is 57.4. The van der Waals surface area contributed by atoms with Gasteiger partial charge in [0.2, 0.25) is 0 Å². The van der Waals surface area contributed by atoms with Crippen LogP contribution in [0.15, 0.2) is 56.6 Å². The molecule has 0 unspecified atom stereocenters. The molecule has 14 heteroatoms. The predicted molar refractivity (Wildman–Crippen MR) is 130 cm³/mol. The summed E-state index contributed by atoms with van der Waals surface area (Å²) in [6.07, 6.45) is 2.81. The lowest BCUT2D eigenvalue weighted by Crippen LogP contribution is -2.42. The van der Waals surface area contributed by atoms with Gasteiger partial charge in [-0.05, 0) is 49.6 Å². The zero-order valence-corrected chi connectivity index (χ0v) is 20.0. The summed E-state index contributed by atoms with van der Waals surface area (Å²) in [6, 6.07) is 10.8. The molecule has 0 saturated heterocycles. The van der Waals surface area contributed by atoms with Crippen LogP contribution in [0.5, 0.6) is 5.75 Å². The number of para-hydroxylation sites is 1. The number of anilines is 2. The van der Waals surface area contributed by atoms with Crippen LogP contribution in [-0.2, 0) is 25.3 Å². The number of fused-ring (bicyclic) bond motifs is 2. The number of rotatable bonds is 6. The van der Waals surface area contributed by atoms with E-state index in [9.17, 15) is 26.7 Å². The highest BCUT2D eigenvalue weighted by atomic mass is 32.2. The first-order valence-electron chi connectivity index (χ1n) is 10.6. The molecule has 1 aliphatic carbocycles. The quantitative estimate of drug-likeness (QED) is 0.276. The van der Waals surface area contributed by atoms with E-state index in [1.165, 1.54) is 29.9 Å². The van der Waals surface area contributed by atoms with Crippen LogP contribution in [-0.4, -0.2) is 45.5 Å². The Bertz CT molecular complexity index is 1620. The standard InChI is InChI=1S/C21H21N5O7S2/c1-25(33-34(29)30)13-9-10-15-17(11-13)35(31,32)24-20(22-15)18-19(27)14-7-2-3-8-16(14)26(21(18)28)23-12-5-4-6-12/h2-3,7-12,23,27,34H,4-6H2,1H3,(H,22,24). The molecule has 0 bridgehead atoms. The van der Waals surface area contributed by atoms with Gasteiger partial charge in [0.25, 0.3) is 26.6 Å². The Morgan fingerprint density at radius 2 is 1.97 bits per heavy atom. The number of amidine groups is 1. The number of hydrogen-bond donors (Lipinski definition) is 4. The number of nitrogens with zero attached hydrogens (tertiary/aromatic N) is 3. The van der Waals surface area contributed by atoms with E-state index in [-0.39, 0.29) is 33.7 Å². The molecule has 1 aromatic heterocycles. The van der Waals surface area contributed by atoms with E-state index in [1.807, 2.05) is 0 Å². The Labute approximate surface area is 201 Å². The number of hydroxylamine groups is 1. The zero-order chi connectivity index (χ0) is 24.9. The topological polar surface area (TPSA) is 159 Å². The van der Waals surface area contributed by atoms with E-state index < -0.39 is 32.3 Å². The molecule has 12 nitrogen and oxygen atoms in total. The first-order chi connectivity index (χ1) is 16.7. The minimum Gasteiger partial charge on any atom is -0.506 e. The van der Waals surface area contributed by atoms with Crippen molar-refractivity contribution in [3.05, 3.63) is 58.4 Å². The van der Waals surface area contributed by atoms with Crippen molar-refractivity contribution in [1.29, 1.82) is 0 Å². The van der Waals surface area contributed by atoms with E-state index in [4.69, 9.17) is 0 Å². The molecular formula is C21H21N5O7S2. The third-order valence-corrected chi connectivity index (χ3v) is 7.66. The average Bonchev–Trinajstić information content (AvgIpc) is 2.77. The molecule has 0 amide bonds.